The fourth-order valence-corrected chi connectivity index (χ4v) is 3.45. The molecule has 0 amide bonds. The molecule has 3 aromatic carbocycles. The van der Waals surface area contributed by atoms with E-state index in [4.69, 9.17) is 0 Å². The van der Waals surface area contributed by atoms with Crippen LogP contribution in [0, 0.1) is 0 Å². The minimum atomic E-state index is -4.48. The minimum absolute atomic E-state index is 0.185. The van der Waals surface area contributed by atoms with Gasteiger partial charge in [0.2, 0.25) is 5.78 Å². The first-order valence-electron chi connectivity index (χ1n) is 8.99. The molecular weight excluding hydrogens is 377 g/mol. The number of Topliss-reactive ketones (excluding diaryl/α,β-unsaturated/α-hetero) is 1. The van der Waals surface area contributed by atoms with Crippen molar-refractivity contribution in [2.75, 3.05) is 7.05 Å². The highest BCUT2D eigenvalue weighted by Crippen LogP contribution is 2.34. The summed E-state index contributed by atoms with van der Waals surface area (Å²) in [6.07, 6.45) is -2.75. The molecule has 146 valence electrons. The van der Waals surface area contributed by atoms with Gasteiger partial charge in [0.1, 0.15) is 5.82 Å². The maximum absolute atomic E-state index is 13.1. The normalized spacial score (nSPS) is 15.9. The van der Waals surface area contributed by atoms with Crippen LogP contribution in [0.2, 0.25) is 0 Å². The predicted octanol–water partition coefficient (Wildman–Crippen LogP) is 4.96. The molecule has 0 bridgehead atoms. The maximum atomic E-state index is 13.1. The van der Waals surface area contributed by atoms with E-state index in [2.05, 4.69) is 10.6 Å². The molecule has 0 saturated heterocycles. The summed E-state index contributed by atoms with van der Waals surface area (Å²) in [7, 11) is 1.62. The third kappa shape index (κ3) is 3.49. The van der Waals surface area contributed by atoms with Crippen molar-refractivity contribution in [3.05, 3.63) is 94.9 Å². The molecule has 0 aromatic heterocycles. The Morgan fingerprint density at radius 2 is 1.69 bits per heavy atom. The Hall–Kier alpha value is -3.54. The molecule has 0 saturated carbocycles. The van der Waals surface area contributed by atoms with Gasteiger partial charge in [0.05, 0.1) is 16.8 Å². The van der Waals surface area contributed by atoms with Crippen molar-refractivity contribution in [1.29, 1.82) is 0 Å². The standard InChI is InChI=1S/C23H17F3N2O/c1-27-22-20(16-9-5-10-17(12-16)23(24,25)26)21(29)19(28-22)13-15-8-4-7-14-6-2-3-11-18(14)15/h2-13,27-28H,1H3. The van der Waals surface area contributed by atoms with Crippen molar-refractivity contribution in [3.8, 4) is 0 Å². The van der Waals surface area contributed by atoms with Crippen molar-refractivity contribution in [2.24, 2.45) is 0 Å². The zero-order chi connectivity index (χ0) is 20.6. The van der Waals surface area contributed by atoms with Crippen molar-refractivity contribution in [3.63, 3.8) is 0 Å². The van der Waals surface area contributed by atoms with Gasteiger partial charge in [-0.15, -0.1) is 0 Å². The van der Waals surface area contributed by atoms with Gasteiger partial charge in [-0.3, -0.25) is 4.79 Å². The second kappa shape index (κ2) is 7.13. The molecule has 1 heterocycles. The SMILES string of the molecule is CNC1=C(c2cccc(C(F)(F)F)c2)C(=O)C(=Cc2cccc3ccccc23)N1. The maximum Gasteiger partial charge on any atom is 0.416 e. The van der Waals surface area contributed by atoms with Gasteiger partial charge in [-0.25, -0.2) is 0 Å². The fourth-order valence-electron chi connectivity index (χ4n) is 3.45. The Morgan fingerprint density at radius 1 is 0.966 bits per heavy atom. The Morgan fingerprint density at radius 3 is 2.45 bits per heavy atom. The number of alkyl halides is 3. The van der Waals surface area contributed by atoms with Crippen LogP contribution in [0.5, 0.6) is 0 Å². The molecule has 4 rings (SSSR count). The zero-order valence-corrected chi connectivity index (χ0v) is 15.5. The summed E-state index contributed by atoms with van der Waals surface area (Å²) in [6, 6.07) is 18.3. The number of rotatable bonds is 3. The Bertz CT molecular complexity index is 1170. The van der Waals surface area contributed by atoms with Gasteiger partial charge < -0.3 is 10.6 Å². The van der Waals surface area contributed by atoms with Crippen LogP contribution in [0.3, 0.4) is 0 Å². The number of allylic oxidation sites excluding steroid dienone is 1. The van der Waals surface area contributed by atoms with Crippen molar-refractivity contribution in [2.45, 2.75) is 6.18 Å². The topological polar surface area (TPSA) is 41.1 Å². The van der Waals surface area contributed by atoms with Gasteiger partial charge in [0.15, 0.2) is 0 Å². The van der Waals surface area contributed by atoms with Crippen LogP contribution in [0.1, 0.15) is 16.7 Å². The molecule has 1 aliphatic rings. The molecule has 1 aliphatic heterocycles. The molecule has 3 aromatic rings. The summed E-state index contributed by atoms with van der Waals surface area (Å²) >= 11 is 0. The van der Waals surface area contributed by atoms with Gasteiger partial charge in [0, 0.05) is 7.05 Å². The third-order valence-electron chi connectivity index (χ3n) is 4.83. The first-order chi connectivity index (χ1) is 13.9. The lowest BCUT2D eigenvalue weighted by atomic mass is 9.98. The zero-order valence-electron chi connectivity index (χ0n) is 15.5. The van der Waals surface area contributed by atoms with E-state index in [1.54, 1.807) is 13.1 Å². The van der Waals surface area contributed by atoms with Gasteiger partial charge in [-0.2, -0.15) is 13.2 Å². The summed E-state index contributed by atoms with van der Waals surface area (Å²) in [5, 5.41) is 7.91. The van der Waals surface area contributed by atoms with Crippen LogP contribution in [-0.4, -0.2) is 12.8 Å². The molecule has 3 nitrogen and oxygen atoms in total. The van der Waals surface area contributed by atoms with Crippen LogP contribution >= 0.6 is 0 Å². The largest absolute Gasteiger partial charge is 0.416 e. The van der Waals surface area contributed by atoms with Crippen LogP contribution in [0.15, 0.2) is 78.2 Å². The highest BCUT2D eigenvalue weighted by molar-refractivity contribution is 6.33. The molecule has 29 heavy (non-hydrogen) atoms. The van der Waals surface area contributed by atoms with Gasteiger partial charge in [-0.1, -0.05) is 54.6 Å². The highest BCUT2D eigenvalue weighted by atomic mass is 19.4. The number of hydrogen-bond acceptors (Lipinski definition) is 3. The molecular formula is C23H17F3N2O. The lowest BCUT2D eigenvalue weighted by Gasteiger charge is -2.09. The molecule has 0 aliphatic carbocycles. The van der Waals surface area contributed by atoms with Gasteiger partial charge in [0.25, 0.3) is 0 Å². The van der Waals surface area contributed by atoms with Gasteiger partial charge in [-0.05, 0) is 40.1 Å². The minimum Gasteiger partial charge on any atom is -0.374 e. The van der Waals surface area contributed by atoms with Crippen LogP contribution < -0.4 is 10.6 Å². The molecule has 0 spiro atoms. The van der Waals surface area contributed by atoms with E-state index in [1.165, 1.54) is 12.1 Å². The predicted molar refractivity (Wildman–Crippen MR) is 107 cm³/mol. The second-order valence-electron chi connectivity index (χ2n) is 6.66. The van der Waals surface area contributed by atoms with Crippen LogP contribution in [0.25, 0.3) is 22.4 Å². The molecule has 6 heteroatoms. The van der Waals surface area contributed by atoms with Crippen molar-refractivity contribution in [1.82, 2.24) is 10.6 Å². The second-order valence-corrected chi connectivity index (χ2v) is 6.66. The molecule has 0 atom stereocenters. The van der Waals surface area contributed by atoms with E-state index in [1.807, 2.05) is 42.5 Å². The van der Waals surface area contributed by atoms with E-state index in [9.17, 15) is 18.0 Å². The Balaban J connectivity index is 1.77. The number of fused-ring (bicyclic) bond motifs is 1. The number of carbonyl (C=O) groups is 1. The fraction of sp³-hybridized carbons (Fsp3) is 0.0870. The Kier molecular flexibility index (Phi) is 4.62. The average Bonchev–Trinajstić information content (AvgIpc) is 3.03. The number of hydrogen-bond donors (Lipinski definition) is 2. The Labute approximate surface area is 165 Å². The average molecular weight is 394 g/mol. The lowest BCUT2D eigenvalue weighted by molar-refractivity contribution is -0.137. The van der Waals surface area contributed by atoms with Crippen LogP contribution in [-0.2, 0) is 11.0 Å². The van der Waals surface area contributed by atoms with Crippen molar-refractivity contribution < 1.29 is 18.0 Å². The highest BCUT2D eigenvalue weighted by Gasteiger charge is 2.33. The molecule has 2 N–H and O–H groups in total. The van der Waals surface area contributed by atoms with E-state index in [0.717, 1.165) is 28.5 Å². The number of ketones is 1. The van der Waals surface area contributed by atoms with E-state index in [0.29, 0.717) is 11.5 Å². The van der Waals surface area contributed by atoms with Crippen LogP contribution in [0.4, 0.5) is 13.2 Å². The summed E-state index contributed by atoms with van der Waals surface area (Å²) in [4.78, 5) is 13.1. The summed E-state index contributed by atoms with van der Waals surface area (Å²) in [6.45, 7) is 0. The first kappa shape index (κ1) is 18.8. The smallest absolute Gasteiger partial charge is 0.374 e. The quantitative estimate of drug-likeness (QED) is 0.617. The number of halogens is 3. The van der Waals surface area contributed by atoms with E-state index < -0.39 is 11.7 Å². The summed E-state index contributed by atoms with van der Waals surface area (Å²) < 4.78 is 39.3. The summed E-state index contributed by atoms with van der Waals surface area (Å²) in [5.41, 5.74) is 0.753. The van der Waals surface area contributed by atoms with Gasteiger partial charge >= 0.3 is 6.18 Å². The molecule has 0 unspecified atom stereocenters. The first-order valence-corrected chi connectivity index (χ1v) is 8.99. The molecule has 0 fully saturated rings. The lowest BCUT2D eigenvalue weighted by Crippen LogP contribution is -2.18. The number of carbonyl (C=O) groups excluding carboxylic acids is 1. The number of nitrogens with one attached hydrogen (secondary N) is 2. The van der Waals surface area contributed by atoms with E-state index in [-0.39, 0.29) is 16.9 Å². The number of benzene rings is 3. The van der Waals surface area contributed by atoms with Crippen molar-refractivity contribution >= 4 is 28.2 Å². The summed E-state index contributed by atoms with van der Waals surface area (Å²) in [5.74, 6) is 0.0161. The third-order valence-corrected chi connectivity index (χ3v) is 4.83. The van der Waals surface area contributed by atoms with E-state index >= 15 is 0 Å². The molecule has 0 radical (unpaired) electrons. The monoisotopic (exact) mass is 394 g/mol.